The third-order valence-corrected chi connectivity index (χ3v) is 6.63. The molecule has 0 bridgehead atoms. The van der Waals surface area contributed by atoms with Gasteiger partial charge in [0.1, 0.15) is 6.04 Å². The molecule has 0 N–H and O–H groups in total. The Hall–Kier alpha value is -3.85. The number of hydrogen-bond acceptors (Lipinski definition) is 8. The molecule has 2 aliphatic heterocycles. The lowest BCUT2D eigenvalue weighted by atomic mass is 9.95. The molecular formula is C25H17BrN2O6. The van der Waals surface area contributed by atoms with Crippen molar-refractivity contribution in [2.24, 2.45) is 0 Å². The van der Waals surface area contributed by atoms with E-state index in [9.17, 15) is 19.2 Å². The molecule has 3 aliphatic rings. The maximum absolute atomic E-state index is 13.9. The maximum Gasteiger partial charge on any atom is 0.336 e. The van der Waals surface area contributed by atoms with E-state index in [0.717, 1.165) is 4.47 Å². The highest BCUT2D eigenvalue weighted by Crippen LogP contribution is 2.47. The second-order valence-corrected chi connectivity index (χ2v) is 8.70. The molecule has 8 nitrogen and oxygen atoms in total. The number of halogens is 1. The predicted molar refractivity (Wildman–Crippen MR) is 124 cm³/mol. The second kappa shape index (κ2) is 8.18. The number of allylic oxidation sites excluding steroid dienone is 2. The molecule has 1 aromatic heterocycles. The number of fused-ring (bicyclic) bond motifs is 4. The summed E-state index contributed by atoms with van der Waals surface area (Å²) in [5, 5.41) is 0. The van der Waals surface area contributed by atoms with Crippen LogP contribution in [0.4, 0.5) is 0 Å². The van der Waals surface area contributed by atoms with Gasteiger partial charge in [0.25, 0.3) is 0 Å². The van der Waals surface area contributed by atoms with E-state index in [0.29, 0.717) is 28.1 Å². The van der Waals surface area contributed by atoms with Crippen LogP contribution >= 0.6 is 15.9 Å². The lowest BCUT2D eigenvalue weighted by molar-refractivity contribution is -0.139. The van der Waals surface area contributed by atoms with Crippen LogP contribution in [-0.2, 0) is 19.1 Å². The summed E-state index contributed by atoms with van der Waals surface area (Å²) in [5.41, 5.74) is 1.70. The highest BCUT2D eigenvalue weighted by Gasteiger charge is 2.53. The highest BCUT2D eigenvalue weighted by molar-refractivity contribution is 9.10. The first-order valence-electron chi connectivity index (χ1n) is 10.3. The van der Waals surface area contributed by atoms with Gasteiger partial charge >= 0.3 is 11.9 Å². The van der Waals surface area contributed by atoms with Crippen LogP contribution in [0.25, 0.3) is 5.70 Å². The average molecular weight is 521 g/mol. The standard InChI is InChI=1S/C25H17BrN2O6/c1-33-24(31)17-16-10-9-15-20(19-14(23(15)30)4-3-11-27-19)28(16)21(18(17)25(32)34-2)22(29)12-5-7-13(26)8-6-12/h3-11,16,21H,1-2H3. The molecule has 2 atom stereocenters. The Morgan fingerprint density at radius 2 is 1.68 bits per heavy atom. The van der Waals surface area contributed by atoms with Gasteiger partial charge in [0, 0.05) is 21.8 Å². The van der Waals surface area contributed by atoms with Crippen molar-refractivity contribution in [1.82, 2.24) is 9.88 Å². The smallest absolute Gasteiger partial charge is 0.336 e. The number of aromatic nitrogens is 1. The van der Waals surface area contributed by atoms with E-state index in [1.807, 2.05) is 0 Å². The molecule has 0 saturated carbocycles. The van der Waals surface area contributed by atoms with Crippen LogP contribution in [0.3, 0.4) is 0 Å². The molecule has 3 heterocycles. The number of pyridine rings is 1. The van der Waals surface area contributed by atoms with Crippen LogP contribution in [0.15, 0.2) is 75.9 Å². The van der Waals surface area contributed by atoms with Gasteiger partial charge in [-0.25, -0.2) is 9.59 Å². The first-order valence-corrected chi connectivity index (χ1v) is 11.1. The molecule has 0 amide bonds. The summed E-state index contributed by atoms with van der Waals surface area (Å²) >= 11 is 3.35. The van der Waals surface area contributed by atoms with Gasteiger partial charge < -0.3 is 14.4 Å². The minimum absolute atomic E-state index is 0.00978. The van der Waals surface area contributed by atoms with Gasteiger partial charge in [0.05, 0.1) is 48.4 Å². The van der Waals surface area contributed by atoms with Crippen LogP contribution in [0.2, 0.25) is 0 Å². The summed E-state index contributed by atoms with van der Waals surface area (Å²) < 4.78 is 10.7. The summed E-state index contributed by atoms with van der Waals surface area (Å²) in [6, 6.07) is 7.90. The van der Waals surface area contributed by atoms with Crippen LogP contribution in [0, 0.1) is 0 Å². The molecule has 2 unspecified atom stereocenters. The molecular weight excluding hydrogens is 504 g/mol. The molecule has 1 aromatic carbocycles. The largest absolute Gasteiger partial charge is 0.466 e. The fourth-order valence-corrected chi connectivity index (χ4v) is 4.93. The molecule has 2 aromatic rings. The zero-order valence-electron chi connectivity index (χ0n) is 18.1. The molecule has 0 fully saturated rings. The van der Waals surface area contributed by atoms with E-state index in [2.05, 4.69) is 20.9 Å². The van der Waals surface area contributed by atoms with Crippen LogP contribution in [0.5, 0.6) is 0 Å². The number of hydrogen-bond donors (Lipinski definition) is 0. The number of Topliss-reactive ketones (excluding diaryl/α,β-unsaturated/α-hetero) is 2. The van der Waals surface area contributed by atoms with Crippen molar-refractivity contribution in [3.63, 3.8) is 0 Å². The third-order valence-electron chi connectivity index (χ3n) is 6.10. The quantitative estimate of drug-likeness (QED) is 0.447. The second-order valence-electron chi connectivity index (χ2n) is 7.79. The van der Waals surface area contributed by atoms with Crippen molar-refractivity contribution < 1.29 is 28.7 Å². The molecule has 34 heavy (non-hydrogen) atoms. The molecule has 5 rings (SSSR count). The Morgan fingerprint density at radius 1 is 1.00 bits per heavy atom. The van der Waals surface area contributed by atoms with Gasteiger partial charge in [0.2, 0.25) is 0 Å². The van der Waals surface area contributed by atoms with Gasteiger partial charge in [-0.1, -0.05) is 40.2 Å². The van der Waals surface area contributed by atoms with Crippen molar-refractivity contribution in [2.45, 2.75) is 12.1 Å². The van der Waals surface area contributed by atoms with E-state index >= 15 is 0 Å². The molecule has 0 radical (unpaired) electrons. The highest BCUT2D eigenvalue weighted by atomic mass is 79.9. The first kappa shape index (κ1) is 22.0. The average Bonchev–Trinajstić information content (AvgIpc) is 3.36. The Morgan fingerprint density at radius 3 is 2.35 bits per heavy atom. The topological polar surface area (TPSA) is 103 Å². The van der Waals surface area contributed by atoms with Crippen LogP contribution < -0.4 is 0 Å². The zero-order chi connectivity index (χ0) is 24.1. The zero-order valence-corrected chi connectivity index (χ0v) is 19.7. The van der Waals surface area contributed by atoms with Crippen molar-refractivity contribution in [3.8, 4) is 0 Å². The lowest BCUT2D eigenvalue weighted by Crippen LogP contribution is -2.44. The Bertz CT molecular complexity index is 1370. The van der Waals surface area contributed by atoms with Crippen LogP contribution in [0.1, 0.15) is 26.4 Å². The SMILES string of the molecule is COC(=O)C1=C(C(=O)OC)C(C(=O)c2ccc(Br)cc2)N2C3=C(C=CC12)C(=O)c1cccnc13. The monoisotopic (exact) mass is 520 g/mol. The van der Waals surface area contributed by atoms with Gasteiger partial charge in [0.15, 0.2) is 11.6 Å². The Labute approximate surface area is 202 Å². The van der Waals surface area contributed by atoms with Gasteiger partial charge in [-0.3, -0.25) is 14.6 Å². The Kier molecular flexibility index (Phi) is 5.28. The number of esters is 2. The summed E-state index contributed by atoms with van der Waals surface area (Å²) in [6.07, 6.45) is 4.77. The summed E-state index contributed by atoms with van der Waals surface area (Å²) in [7, 11) is 2.38. The minimum Gasteiger partial charge on any atom is -0.466 e. The summed E-state index contributed by atoms with van der Waals surface area (Å²) in [4.78, 5) is 58.8. The summed E-state index contributed by atoms with van der Waals surface area (Å²) in [6.45, 7) is 0. The predicted octanol–water partition coefficient (Wildman–Crippen LogP) is 2.90. The number of rotatable bonds is 4. The van der Waals surface area contributed by atoms with E-state index in [1.165, 1.54) is 14.2 Å². The fraction of sp³-hybridized carbons (Fsp3) is 0.160. The Balaban J connectivity index is 1.76. The van der Waals surface area contributed by atoms with E-state index in [1.54, 1.807) is 59.6 Å². The number of benzene rings is 1. The number of nitrogens with zero attached hydrogens (tertiary/aromatic N) is 2. The number of carbonyl (C=O) groups is 4. The van der Waals surface area contributed by atoms with E-state index in [-0.39, 0.29) is 16.9 Å². The molecule has 9 heteroatoms. The number of ether oxygens (including phenoxy) is 2. The molecule has 170 valence electrons. The fourth-order valence-electron chi connectivity index (χ4n) is 4.66. The van der Waals surface area contributed by atoms with Crippen molar-refractivity contribution in [3.05, 3.63) is 92.8 Å². The number of methoxy groups -OCH3 is 2. The lowest BCUT2D eigenvalue weighted by Gasteiger charge is -2.35. The normalized spacial score (nSPS) is 20.2. The van der Waals surface area contributed by atoms with Crippen molar-refractivity contribution >= 4 is 45.1 Å². The van der Waals surface area contributed by atoms with Crippen molar-refractivity contribution in [1.29, 1.82) is 0 Å². The number of carbonyl (C=O) groups excluding carboxylic acids is 4. The molecule has 0 saturated heterocycles. The van der Waals surface area contributed by atoms with Crippen LogP contribution in [-0.4, -0.2) is 59.7 Å². The van der Waals surface area contributed by atoms with Crippen molar-refractivity contribution in [2.75, 3.05) is 14.2 Å². The minimum atomic E-state index is -1.23. The first-order chi connectivity index (χ1) is 16.4. The van der Waals surface area contributed by atoms with E-state index in [4.69, 9.17) is 9.47 Å². The maximum atomic E-state index is 13.9. The summed E-state index contributed by atoms with van der Waals surface area (Å²) in [5.74, 6) is -2.27. The van der Waals surface area contributed by atoms with E-state index < -0.39 is 29.8 Å². The van der Waals surface area contributed by atoms with Gasteiger partial charge in [-0.05, 0) is 24.3 Å². The van der Waals surface area contributed by atoms with Gasteiger partial charge in [-0.15, -0.1) is 0 Å². The molecule has 1 aliphatic carbocycles. The third kappa shape index (κ3) is 3.07. The molecule has 0 spiro atoms. The number of ketones is 2. The van der Waals surface area contributed by atoms with Gasteiger partial charge in [-0.2, -0.15) is 0 Å².